The average molecular weight is 310 g/mol. The first-order valence-electron chi connectivity index (χ1n) is 7.63. The predicted octanol–water partition coefficient (Wildman–Crippen LogP) is -0.867. The Morgan fingerprint density at radius 1 is 1.27 bits per heavy atom. The van der Waals surface area contributed by atoms with Crippen molar-refractivity contribution in [3.8, 4) is 0 Å². The summed E-state index contributed by atoms with van der Waals surface area (Å²) in [5.41, 5.74) is -4.89. The summed E-state index contributed by atoms with van der Waals surface area (Å²) in [5.74, 6) is -2.51. The predicted molar refractivity (Wildman–Crippen MR) is 68.3 cm³/mol. The average Bonchev–Trinajstić information content (AvgIpc) is 2.85. The molecule has 5 rings (SSSR count). The molecule has 3 aliphatic heterocycles. The maximum absolute atomic E-state index is 12.4. The second-order valence-corrected chi connectivity index (χ2v) is 8.06. The number of fused-ring (bicyclic) bond motifs is 4. The van der Waals surface area contributed by atoms with E-state index < -0.39 is 64.3 Å². The van der Waals surface area contributed by atoms with Crippen LogP contribution in [0.1, 0.15) is 27.2 Å². The zero-order valence-electron chi connectivity index (χ0n) is 12.5. The highest BCUT2D eigenvalue weighted by Crippen LogP contribution is 2.77. The molecule has 2 N–H and O–H groups in total. The fourth-order valence-corrected chi connectivity index (χ4v) is 5.83. The van der Waals surface area contributed by atoms with Gasteiger partial charge in [0.15, 0.2) is 6.10 Å². The summed E-state index contributed by atoms with van der Waals surface area (Å²) in [6, 6.07) is 0. The van der Waals surface area contributed by atoms with Crippen molar-refractivity contribution in [1.82, 2.24) is 0 Å². The van der Waals surface area contributed by atoms with Gasteiger partial charge in [0.1, 0.15) is 12.2 Å². The highest BCUT2D eigenvalue weighted by Gasteiger charge is 2.95. The van der Waals surface area contributed by atoms with Crippen LogP contribution in [0.4, 0.5) is 0 Å². The van der Waals surface area contributed by atoms with Gasteiger partial charge in [-0.3, -0.25) is 4.79 Å². The lowest BCUT2D eigenvalue weighted by Gasteiger charge is -2.53. The number of hydrogen-bond acceptors (Lipinski definition) is 7. The number of aliphatic hydroxyl groups is 2. The number of carbonyl (C=O) groups excluding carboxylic acids is 2. The van der Waals surface area contributed by atoms with Gasteiger partial charge in [-0.1, -0.05) is 0 Å². The molecule has 22 heavy (non-hydrogen) atoms. The lowest BCUT2D eigenvalue weighted by molar-refractivity contribution is -0.223. The van der Waals surface area contributed by atoms with Gasteiger partial charge >= 0.3 is 11.9 Å². The molecule has 5 fully saturated rings. The molecule has 1 spiro atoms. The molecule has 0 aromatic carbocycles. The smallest absolute Gasteiger partial charge is 0.342 e. The standard InChI is InChI=1S/C15H18O7/c1-12(2,18)6-7-10(16)20-8(6)9-13(3)14(7,19)4-5-15(13,22-5)11(17)21-9/h5-9,18-19H,4H2,1-3H3/t5?,6-,7+,8+,9+,13+,14+,15-/m0/s1. The molecule has 2 bridgehead atoms. The molecule has 5 aliphatic rings. The summed E-state index contributed by atoms with van der Waals surface area (Å²) < 4.78 is 16.5. The highest BCUT2D eigenvalue weighted by molar-refractivity contribution is 5.91. The fraction of sp³-hybridized carbons (Fsp3) is 0.867. The maximum Gasteiger partial charge on any atom is 0.342 e. The minimum Gasteiger partial charge on any atom is -0.458 e. The lowest BCUT2D eigenvalue weighted by atomic mass is 9.52. The van der Waals surface area contributed by atoms with E-state index in [0.717, 1.165) is 0 Å². The van der Waals surface area contributed by atoms with Crippen LogP contribution in [-0.2, 0) is 23.8 Å². The van der Waals surface area contributed by atoms with E-state index in [0.29, 0.717) is 0 Å². The number of epoxide rings is 1. The minimum absolute atomic E-state index is 0.189. The molecule has 1 unspecified atom stereocenters. The molecule has 0 amide bonds. The minimum atomic E-state index is -1.47. The first kappa shape index (κ1) is 13.3. The topological polar surface area (TPSA) is 106 Å². The molecule has 3 saturated heterocycles. The Bertz CT molecular complexity index is 638. The van der Waals surface area contributed by atoms with Crippen LogP contribution in [0.15, 0.2) is 0 Å². The summed E-state index contributed by atoms with van der Waals surface area (Å²) in [4.78, 5) is 24.8. The van der Waals surface area contributed by atoms with Crippen molar-refractivity contribution in [3.63, 3.8) is 0 Å². The van der Waals surface area contributed by atoms with Crippen LogP contribution in [0.25, 0.3) is 0 Å². The molecular formula is C15H18O7. The summed E-state index contributed by atoms with van der Waals surface area (Å²) in [7, 11) is 0. The molecule has 0 aromatic rings. The van der Waals surface area contributed by atoms with Gasteiger partial charge in [0.2, 0.25) is 5.60 Å². The van der Waals surface area contributed by atoms with E-state index in [1.54, 1.807) is 20.8 Å². The molecule has 7 heteroatoms. The van der Waals surface area contributed by atoms with Gasteiger partial charge in [-0.15, -0.1) is 0 Å². The van der Waals surface area contributed by atoms with Crippen LogP contribution in [0.5, 0.6) is 0 Å². The van der Waals surface area contributed by atoms with Gasteiger partial charge in [-0.05, 0) is 20.8 Å². The van der Waals surface area contributed by atoms with Crippen LogP contribution < -0.4 is 0 Å². The van der Waals surface area contributed by atoms with E-state index in [2.05, 4.69) is 0 Å². The third-order valence-electron chi connectivity index (χ3n) is 6.85. The number of ether oxygens (including phenoxy) is 3. The van der Waals surface area contributed by atoms with E-state index in [-0.39, 0.29) is 6.42 Å². The molecule has 0 radical (unpaired) electrons. The quantitative estimate of drug-likeness (QED) is 0.479. The Morgan fingerprint density at radius 2 is 1.95 bits per heavy atom. The molecule has 2 saturated carbocycles. The molecule has 2 aliphatic carbocycles. The van der Waals surface area contributed by atoms with E-state index >= 15 is 0 Å². The number of rotatable bonds is 1. The van der Waals surface area contributed by atoms with Crippen molar-refractivity contribution >= 4 is 11.9 Å². The van der Waals surface area contributed by atoms with Crippen molar-refractivity contribution in [2.45, 2.75) is 62.3 Å². The van der Waals surface area contributed by atoms with Crippen LogP contribution in [0.3, 0.4) is 0 Å². The molecule has 8 atom stereocenters. The van der Waals surface area contributed by atoms with E-state index in [1.165, 1.54) is 0 Å². The van der Waals surface area contributed by atoms with Crippen LogP contribution in [0.2, 0.25) is 0 Å². The zero-order valence-corrected chi connectivity index (χ0v) is 12.5. The SMILES string of the molecule is CC(C)(O)[C@@H]1[C@H]2OC(=O)[C@@H]1[C@]1(O)CC3O[C@]34C(=O)O[C@H]2[C@@]41C. The number of carbonyl (C=O) groups is 2. The fourth-order valence-electron chi connectivity index (χ4n) is 5.83. The van der Waals surface area contributed by atoms with Crippen molar-refractivity contribution in [2.75, 3.05) is 0 Å². The summed E-state index contributed by atoms with van der Waals surface area (Å²) in [6.07, 6.45) is -1.78. The van der Waals surface area contributed by atoms with Gasteiger partial charge in [-0.25, -0.2) is 4.79 Å². The van der Waals surface area contributed by atoms with Gasteiger partial charge in [0.05, 0.1) is 22.5 Å². The monoisotopic (exact) mass is 310 g/mol. The second-order valence-electron chi connectivity index (χ2n) is 8.06. The third-order valence-corrected chi connectivity index (χ3v) is 6.85. The summed E-state index contributed by atoms with van der Waals surface area (Å²) in [5, 5.41) is 21.9. The Balaban J connectivity index is 1.76. The van der Waals surface area contributed by atoms with Crippen LogP contribution in [0, 0.1) is 17.3 Å². The first-order chi connectivity index (χ1) is 10.1. The van der Waals surface area contributed by atoms with Gasteiger partial charge in [0, 0.05) is 12.3 Å². The van der Waals surface area contributed by atoms with Crippen LogP contribution in [-0.4, -0.2) is 57.3 Å². The normalized spacial score (nSPS) is 60.7. The highest BCUT2D eigenvalue weighted by atomic mass is 16.7. The lowest BCUT2D eigenvalue weighted by Crippen LogP contribution is -2.68. The largest absolute Gasteiger partial charge is 0.458 e. The maximum atomic E-state index is 12.4. The number of esters is 2. The van der Waals surface area contributed by atoms with E-state index in [1.807, 2.05) is 0 Å². The Morgan fingerprint density at radius 3 is 2.59 bits per heavy atom. The Hall–Kier alpha value is -1.18. The molecule has 0 aromatic heterocycles. The van der Waals surface area contributed by atoms with Crippen molar-refractivity contribution in [3.05, 3.63) is 0 Å². The number of hydrogen-bond donors (Lipinski definition) is 2. The molecule has 3 heterocycles. The Kier molecular flexibility index (Phi) is 1.85. The van der Waals surface area contributed by atoms with Gasteiger partial charge in [-0.2, -0.15) is 0 Å². The molecule has 7 nitrogen and oxygen atoms in total. The van der Waals surface area contributed by atoms with Crippen molar-refractivity contribution in [1.29, 1.82) is 0 Å². The molecule has 120 valence electrons. The third kappa shape index (κ3) is 0.962. The second kappa shape index (κ2) is 3.07. The zero-order chi connectivity index (χ0) is 15.9. The summed E-state index contributed by atoms with van der Waals surface area (Å²) >= 11 is 0. The molecular weight excluding hydrogens is 292 g/mol. The van der Waals surface area contributed by atoms with Crippen molar-refractivity contribution in [2.24, 2.45) is 17.3 Å². The van der Waals surface area contributed by atoms with E-state index in [4.69, 9.17) is 14.2 Å². The Labute approximate surface area is 126 Å². The first-order valence-corrected chi connectivity index (χ1v) is 7.63. The summed E-state index contributed by atoms with van der Waals surface area (Å²) in [6.45, 7) is 4.92. The van der Waals surface area contributed by atoms with E-state index in [9.17, 15) is 19.8 Å². The van der Waals surface area contributed by atoms with Gasteiger partial charge in [0.25, 0.3) is 0 Å². The van der Waals surface area contributed by atoms with Gasteiger partial charge < -0.3 is 24.4 Å². The van der Waals surface area contributed by atoms with Crippen LogP contribution >= 0.6 is 0 Å². The van der Waals surface area contributed by atoms with Crippen molar-refractivity contribution < 1.29 is 34.0 Å².